The Hall–Kier alpha value is -2.24. The van der Waals surface area contributed by atoms with Gasteiger partial charge in [0, 0.05) is 17.6 Å². The second-order valence-electron chi connectivity index (χ2n) is 7.88. The zero-order valence-corrected chi connectivity index (χ0v) is 17.5. The van der Waals surface area contributed by atoms with E-state index in [0.29, 0.717) is 11.4 Å². The number of fused-ring (bicyclic) bond motifs is 1. The Bertz CT molecular complexity index is 1040. The Balaban J connectivity index is 1.47. The summed E-state index contributed by atoms with van der Waals surface area (Å²) in [4.78, 5) is 9.97. The molecule has 4 nitrogen and oxygen atoms in total. The molecule has 1 unspecified atom stereocenters. The Labute approximate surface area is 170 Å². The highest BCUT2D eigenvalue weighted by molar-refractivity contribution is 8.09. The van der Waals surface area contributed by atoms with Gasteiger partial charge in [-0.05, 0) is 56.4 Å². The minimum absolute atomic E-state index is 0.307. The molecule has 1 saturated heterocycles. The summed E-state index contributed by atoms with van der Waals surface area (Å²) in [5, 5.41) is 5.33. The number of nitrogens with one attached hydrogen (secondary N) is 1. The third kappa shape index (κ3) is 3.03. The van der Waals surface area contributed by atoms with Crippen LogP contribution in [-0.4, -0.2) is 31.9 Å². The summed E-state index contributed by atoms with van der Waals surface area (Å²) in [5.41, 5.74) is 6.09. The van der Waals surface area contributed by atoms with Crippen LogP contribution in [0.4, 0.5) is 0 Å². The molecule has 0 radical (unpaired) electrons. The number of hydrazine groups is 1. The van der Waals surface area contributed by atoms with Crippen molar-refractivity contribution in [2.45, 2.75) is 45.0 Å². The van der Waals surface area contributed by atoms with Crippen LogP contribution in [0, 0.1) is 13.8 Å². The van der Waals surface area contributed by atoms with E-state index in [4.69, 9.17) is 4.98 Å². The lowest BCUT2D eigenvalue weighted by molar-refractivity contribution is 0.00255. The molecule has 1 aromatic heterocycles. The van der Waals surface area contributed by atoms with E-state index in [9.17, 15) is 0 Å². The topological polar surface area (TPSA) is 35.2 Å². The van der Waals surface area contributed by atoms with Gasteiger partial charge >= 0.3 is 0 Å². The highest BCUT2D eigenvalue weighted by Gasteiger charge is 2.36. The normalized spacial score (nSPS) is 23.0. The van der Waals surface area contributed by atoms with Gasteiger partial charge in [0.25, 0.3) is 0 Å². The molecule has 3 aromatic rings. The third-order valence-corrected chi connectivity index (χ3v) is 6.91. The number of hydrogen-bond donors (Lipinski definition) is 1. The molecule has 2 aliphatic heterocycles. The molecule has 1 N–H and O–H groups in total. The van der Waals surface area contributed by atoms with Crippen molar-refractivity contribution in [2.24, 2.45) is 0 Å². The van der Waals surface area contributed by atoms with E-state index in [-0.39, 0.29) is 0 Å². The van der Waals surface area contributed by atoms with Crippen LogP contribution in [0.3, 0.4) is 0 Å². The molecule has 2 aliphatic rings. The van der Waals surface area contributed by atoms with Crippen LogP contribution in [0.25, 0.3) is 15.9 Å². The largest absolute Gasteiger partial charge is 0.341 e. The summed E-state index contributed by atoms with van der Waals surface area (Å²) in [7, 11) is 0. The van der Waals surface area contributed by atoms with Crippen LogP contribution in [0.5, 0.6) is 0 Å². The van der Waals surface area contributed by atoms with Crippen molar-refractivity contribution in [3.8, 4) is 0 Å². The number of nitrogens with zero attached hydrogens (tertiary/aromatic N) is 3. The maximum absolute atomic E-state index is 5.01. The summed E-state index contributed by atoms with van der Waals surface area (Å²) >= 11 is 1.93. The van der Waals surface area contributed by atoms with E-state index in [1.165, 1.54) is 28.0 Å². The van der Waals surface area contributed by atoms with Crippen molar-refractivity contribution >= 4 is 27.7 Å². The van der Waals surface area contributed by atoms with E-state index >= 15 is 0 Å². The molecule has 5 heteroatoms. The first-order valence-electron chi connectivity index (χ1n) is 10.1. The van der Waals surface area contributed by atoms with Gasteiger partial charge < -0.3 is 4.98 Å². The fourth-order valence-electron chi connectivity index (χ4n) is 4.47. The summed E-state index contributed by atoms with van der Waals surface area (Å²) < 4.78 is 0. The first-order valence-corrected chi connectivity index (χ1v) is 10.9. The fourth-order valence-corrected chi connectivity index (χ4v) is 5.57. The van der Waals surface area contributed by atoms with E-state index < -0.39 is 0 Å². The Morgan fingerprint density at radius 2 is 1.96 bits per heavy atom. The van der Waals surface area contributed by atoms with Gasteiger partial charge in [-0.15, -0.1) is 0 Å². The van der Waals surface area contributed by atoms with E-state index in [2.05, 4.69) is 84.4 Å². The van der Waals surface area contributed by atoms with Crippen LogP contribution < -0.4 is 0 Å². The van der Waals surface area contributed by atoms with E-state index in [0.717, 1.165) is 29.8 Å². The van der Waals surface area contributed by atoms with Gasteiger partial charge in [-0.2, -0.15) is 0 Å². The van der Waals surface area contributed by atoms with Crippen LogP contribution >= 0.6 is 11.8 Å². The number of imidazole rings is 1. The molecule has 28 heavy (non-hydrogen) atoms. The number of thioether (sulfide) groups is 1. The number of benzene rings is 2. The quantitative estimate of drug-likeness (QED) is 0.629. The highest BCUT2D eigenvalue weighted by atomic mass is 32.2. The van der Waals surface area contributed by atoms with Crippen molar-refractivity contribution in [3.05, 3.63) is 71.2 Å². The van der Waals surface area contributed by atoms with Gasteiger partial charge in [0.15, 0.2) is 0 Å². The first-order chi connectivity index (χ1) is 13.6. The molecule has 0 aliphatic carbocycles. The number of H-pyrrole nitrogens is 1. The van der Waals surface area contributed by atoms with Crippen LogP contribution in [0.1, 0.15) is 48.3 Å². The molecule has 2 aromatic carbocycles. The predicted octanol–water partition coefficient (Wildman–Crippen LogP) is 5.63. The predicted molar refractivity (Wildman–Crippen MR) is 118 cm³/mol. The lowest BCUT2D eigenvalue weighted by atomic mass is 10.1. The van der Waals surface area contributed by atoms with Crippen LogP contribution in [0.2, 0.25) is 0 Å². The summed E-state index contributed by atoms with van der Waals surface area (Å²) in [6, 6.07) is 15.4. The maximum atomic E-state index is 5.01. The summed E-state index contributed by atoms with van der Waals surface area (Å²) in [5.74, 6) is 1.10. The minimum atomic E-state index is 0.307. The number of aromatic amines is 1. The first kappa shape index (κ1) is 17.8. The van der Waals surface area contributed by atoms with Crippen molar-refractivity contribution in [1.29, 1.82) is 0 Å². The standard InChI is InChI=1S/C23H26N4S/c1-15-12-16(2)22-19(13-15)24-23(25-22)20-10-7-11-26(20)27-14-21(28-17(27)3)18-8-5-4-6-9-18/h4-6,8-9,12-14,17,20H,7,10-11H2,1-3H3,(H,24,25)/t17?,20-/m0/s1. The van der Waals surface area contributed by atoms with Crippen molar-refractivity contribution in [1.82, 2.24) is 20.0 Å². The van der Waals surface area contributed by atoms with Gasteiger partial charge in [-0.3, -0.25) is 5.01 Å². The van der Waals surface area contributed by atoms with Crippen molar-refractivity contribution in [3.63, 3.8) is 0 Å². The molecule has 5 rings (SSSR count). The number of aromatic nitrogens is 2. The Kier molecular flexibility index (Phi) is 4.44. The highest BCUT2D eigenvalue weighted by Crippen LogP contribution is 2.44. The van der Waals surface area contributed by atoms with Gasteiger partial charge in [0.1, 0.15) is 5.82 Å². The molecular weight excluding hydrogens is 364 g/mol. The zero-order valence-electron chi connectivity index (χ0n) is 16.6. The smallest absolute Gasteiger partial charge is 0.126 e. The van der Waals surface area contributed by atoms with Gasteiger partial charge in [0.05, 0.1) is 22.4 Å². The van der Waals surface area contributed by atoms with E-state index in [1.807, 2.05) is 11.8 Å². The second-order valence-corrected chi connectivity index (χ2v) is 9.24. The number of hydrogen-bond acceptors (Lipinski definition) is 4. The molecule has 0 bridgehead atoms. The van der Waals surface area contributed by atoms with Crippen molar-refractivity contribution < 1.29 is 0 Å². The Morgan fingerprint density at radius 1 is 1.14 bits per heavy atom. The van der Waals surface area contributed by atoms with Gasteiger partial charge in [-0.25, -0.2) is 9.99 Å². The third-order valence-electron chi connectivity index (χ3n) is 5.75. The minimum Gasteiger partial charge on any atom is -0.341 e. The monoisotopic (exact) mass is 390 g/mol. The van der Waals surface area contributed by atoms with E-state index in [1.54, 1.807) is 0 Å². The molecule has 2 atom stereocenters. The zero-order chi connectivity index (χ0) is 19.3. The maximum Gasteiger partial charge on any atom is 0.126 e. The van der Waals surface area contributed by atoms with Crippen LogP contribution in [0.15, 0.2) is 48.7 Å². The van der Waals surface area contributed by atoms with Crippen molar-refractivity contribution in [2.75, 3.05) is 6.54 Å². The average molecular weight is 391 g/mol. The molecule has 1 fully saturated rings. The SMILES string of the molecule is Cc1cc(C)c2nc([C@@H]3CCCN3N3C=C(c4ccccc4)SC3C)[nH]c2c1. The molecule has 0 amide bonds. The molecule has 3 heterocycles. The number of aryl methyl sites for hydroxylation is 2. The van der Waals surface area contributed by atoms with Gasteiger partial charge in [0.2, 0.25) is 0 Å². The molecule has 0 spiro atoms. The number of rotatable bonds is 3. The Morgan fingerprint density at radius 3 is 2.79 bits per heavy atom. The lowest BCUT2D eigenvalue weighted by Gasteiger charge is -2.35. The second kappa shape index (κ2) is 6.98. The molecule has 144 valence electrons. The van der Waals surface area contributed by atoms with Gasteiger partial charge in [-0.1, -0.05) is 48.2 Å². The fraction of sp³-hybridized carbons (Fsp3) is 0.348. The summed E-state index contributed by atoms with van der Waals surface area (Å²) in [6.45, 7) is 7.66. The molecular formula is C23H26N4S. The molecule has 0 saturated carbocycles. The van der Waals surface area contributed by atoms with Crippen LogP contribution in [-0.2, 0) is 0 Å². The average Bonchev–Trinajstić information content (AvgIpc) is 3.39. The summed E-state index contributed by atoms with van der Waals surface area (Å²) in [6.07, 6.45) is 4.66. The lowest BCUT2D eigenvalue weighted by Crippen LogP contribution is -2.41.